The Kier molecular flexibility index (Phi) is 9.27. The van der Waals surface area contributed by atoms with Crippen molar-refractivity contribution < 1.29 is 33.0 Å². The molecule has 0 saturated carbocycles. The van der Waals surface area contributed by atoms with Crippen molar-refractivity contribution >= 4 is 13.7 Å². The highest BCUT2D eigenvalue weighted by atomic mass is 31.2. The zero-order chi connectivity index (χ0) is 27.2. The van der Waals surface area contributed by atoms with Crippen LogP contribution in [0.25, 0.3) is 10.4 Å². The molecule has 1 aromatic heterocycles. The van der Waals surface area contributed by atoms with Crippen LogP contribution in [0.15, 0.2) is 57.3 Å². The highest BCUT2D eigenvalue weighted by Crippen LogP contribution is 2.46. The van der Waals surface area contributed by atoms with Crippen molar-refractivity contribution in [3.63, 3.8) is 0 Å². The summed E-state index contributed by atoms with van der Waals surface area (Å²) in [6, 6.07) is 6.69. The summed E-state index contributed by atoms with van der Waals surface area (Å²) in [5, 5.41) is 16.7. The Balaban J connectivity index is 1.82. The molecule has 1 saturated heterocycles. The van der Waals surface area contributed by atoms with Gasteiger partial charge in [-0.05, 0) is 38.4 Å². The molecular formula is C21H27N6O9P. The van der Waals surface area contributed by atoms with Crippen LogP contribution in [-0.2, 0) is 23.4 Å². The van der Waals surface area contributed by atoms with Crippen molar-refractivity contribution in [3.05, 3.63) is 73.9 Å². The smallest absolute Gasteiger partial charge is 0.459 e. The van der Waals surface area contributed by atoms with Crippen LogP contribution in [0.4, 0.5) is 0 Å². The third kappa shape index (κ3) is 7.29. The fourth-order valence-electron chi connectivity index (χ4n) is 3.42. The molecule has 0 spiro atoms. The van der Waals surface area contributed by atoms with Crippen LogP contribution in [0, 0.1) is 0 Å². The van der Waals surface area contributed by atoms with E-state index in [0.29, 0.717) is 0 Å². The van der Waals surface area contributed by atoms with Gasteiger partial charge in [-0.25, -0.2) is 9.36 Å². The van der Waals surface area contributed by atoms with Gasteiger partial charge in [0.1, 0.15) is 30.2 Å². The molecular weight excluding hydrogens is 511 g/mol. The Hall–Kier alpha value is -3.45. The number of aromatic nitrogens is 2. The number of carbonyl (C=O) groups is 1. The van der Waals surface area contributed by atoms with Gasteiger partial charge in [-0.1, -0.05) is 23.3 Å². The molecule has 0 aliphatic carbocycles. The van der Waals surface area contributed by atoms with Gasteiger partial charge in [0.05, 0.1) is 18.8 Å². The van der Waals surface area contributed by atoms with E-state index in [1.165, 1.54) is 19.1 Å². The summed E-state index contributed by atoms with van der Waals surface area (Å²) in [6.07, 6.45) is -3.33. The van der Waals surface area contributed by atoms with Crippen LogP contribution in [0.3, 0.4) is 0 Å². The van der Waals surface area contributed by atoms with E-state index in [9.17, 15) is 24.1 Å². The first kappa shape index (κ1) is 28.1. The first-order chi connectivity index (χ1) is 17.5. The Labute approximate surface area is 210 Å². The summed E-state index contributed by atoms with van der Waals surface area (Å²) in [5.41, 5.74) is 7.43. The zero-order valence-corrected chi connectivity index (χ0v) is 21.1. The van der Waals surface area contributed by atoms with Crippen LogP contribution in [0.2, 0.25) is 0 Å². The monoisotopic (exact) mass is 538 g/mol. The summed E-state index contributed by atoms with van der Waals surface area (Å²) >= 11 is 0. The number of aromatic amines is 1. The van der Waals surface area contributed by atoms with Crippen molar-refractivity contribution in [1.82, 2.24) is 14.6 Å². The van der Waals surface area contributed by atoms with Crippen molar-refractivity contribution in [2.75, 3.05) is 6.61 Å². The SMILES string of the molecule is CC(C)OC(=O)[C@@H](C)N[P@](=O)(OC[C@H]1O[C@@H](n2ccc(=O)[nH]c2=O)[C@H](N=[N+]=[N-])[C@@H]1O)Oc1ccccc1. The summed E-state index contributed by atoms with van der Waals surface area (Å²) < 4.78 is 36.4. The minimum atomic E-state index is -4.28. The maximum atomic E-state index is 13.6. The van der Waals surface area contributed by atoms with E-state index in [4.69, 9.17) is 24.1 Å². The molecule has 2 aromatic rings. The molecule has 1 aromatic carbocycles. The number of azide groups is 1. The van der Waals surface area contributed by atoms with E-state index in [-0.39, 0.29) is 5.75 Å². The molecule has 16 heteroatoms. The molecule has 0 amide bonds. The van der Waals surface area contributed by atoms with Crippen molar-refractivity contribution in [3.8, 4) is 5.75 Å². The lowest BCUT2D eigenvalue weighted by atomic mass is 10.1. The van der Waals surface area contributed by atoms with Gasteiger partial charge < -0.3 is 19.1 Å². The molecule has 2 heterocycles. The van der Waals surface area contributed by atoms with Gasteiger partial charge in [0.25, 0.3) is 5.56 Å². The molecule has 37 heavy (non-hydrogen) atoms. The fraction of sp³-hybridized carbons (Fsp3) is 0.476. The van der Waals surface area contributed by atoms with E-state index >= 15 is 0 Å². The average molecular weight is 538 g/mol. The molecule has 0 bridgehead atoms. The third-order valence-electron chi connectivity index (χ3n) is 5.08. The maximum Gasteiger partial charge on any atom is 0.459 e. The Morgan fingerprint density at radius 2 is 2.00 bits per heavy atom. The van der Waals surface area contributed by atoms with E-state index in [0.717, 1.165) is 16.8 Å². The van der Waals surface area contributed by atoms with Crippen LogP contribution in [0.1, 0.15) is 27.0 Å². The highest BCUT2D eigenvalue weighted by molar-refractivity contribution is 7.52. The Morgan fingerprint density at radius 3 is 2.62 bits per heavy atom. The van der Waals surface area contributed by atoms with Crippen LogP contribution < -0.4 is 20.9 Å². The predicted molar refractivity (Wildman–Crippen MR) is 129 cm³/mol. The number of para-hydroxylation sites is 1. The van der Waals surface area contributed by atoms with Gasteiger partial charge in [-0.3, -0.25) is 23.7 Å². The number of nitrogens with zero attached hydrogens (tertiary/aromatic N) is 4. The van der Waals surface area contributed by atoms with Crippen molar-refractivity contribution in [2.45, 2.75) is 57.4 Å². The van der Waals surface area contributed by atoms with Crippen LogP contribution in [-0.4, -0.2) is 57.6 Å². The Morgan fingerprint density at radius 1 is 1.30 bits per heavy atom. The van der Waals surface area contributed by atoms with Gasteiger partial charge in [0, 0.05) is 17.2 Å². The van der Waals surface area contributed by atoms with Crippen LogP contribution in [0.5, 0.6) is 5.75 Å². The summed E-state index contributed by atoms with van der Waals surface area (Å²) in [5.74, 6) is -0.533. The average Bonchev–Trinajstić information content (AvgIpc) is 3.13. The third-order valence-corrected chi connectivity index (χ3v) is 6.73. The van der Waals surface area contributed by atoms with Gasteiger partial charge in [0.15, 0.2) is 0 Å². The summed E-state index contributed by atoms with van der Waals surface area (Å²) in [4.78, 5) is 40.6. The lowest BCUT2D eigenvalue weighted by Gasteiger charge is -2.25. The molecule has 200 valence electrons. The van der Waals surface area contributed by atoms with Gasteiger partial charge in [0.2, 0.25) is 0 Å². The summed E-state index contributed by atoms with van der Waals surface area (Å²) in [7, 11) is -4.28. The van der Waals surface area contributed by atoms with Crippen molar-refractivity contribution in [2.24, 2.45) is 5.11 Å². The lowest BCUT2D eigenvalue weighted by molar-refractivity contribution is -0.149. The zero-order valence-electron chi connectivity index (χ0n) is 20.2. The molecule has 1 aliphatic heterocycles. The number of benzene rings is 1. The first-order valence-electron chi connectivity index (χ1n) is 11.2. The van der Waals surface area contributed by atoms with Gasteiger partial charge in [-0.2, -0.15) is 5.09 Å². The fourth-order valence-corrected chi connectivity index (χ4v) is 4.92. The number of aliphatic hydroxyl groups excluding tert-OH is 1. The second kappa shape index (κ2) is 12.2. The van der Waals surface area contributed by atoms with Crippen molar-refractivity contribution in [1.29, 1.82) is 0 Å². The number of rotatable bonds is 11. The normalized spacial score (nSPS) is 23.6. The number of esters is 1. The molecule has 1 aliphatic rings. The van der Waals surface area contributed by atoms with Gasteiger partial charge >= 0.3 is 19.4 Å². The molecule has 15 nitrogen and oxygen atoms in total. The number of hydrogen-bond donors (Lipinski definition) is 3. The van der Waals surface area contributed by atoms with E-state index in [1.807, 2.05) is 4.98 Å². The van der Waals surface area contributed by atoms with E-state index in [2.05, 4.69) is 15.1 Å². The number of nitrogens with one attached hydrogen (secondary N) is 2. The second-order valence-electron chi connectivity index (χ2n) is 8.30. The molecule has 0 radical (unpaired) electrons. The highest BCUT2D eigenvalue weighted by Gasteiger charge is 2.46. The predicted octanol–water partition coefficient (Wildman–Crippen LogP) is 1.61. The number of carbonyl (C=O) groups excluding carboxylic acids is 1. The lowest BCUT2D eigenvalue weighted by Crippen LogP contribution is -2.38. The molecule has 0 unspecified atom stereocenters. The largest absolute Gasteiger partial charge is 0.462 e. The standard InChI is InChI=1S/C21H27N6O9P/c1-12(2)34-20(30)13(3)25-37(32,36-14-7-5-4-6-8-14)33-11-15-18(29)17(24-26-22)19(35-15)27-10-9-16(28)23-21(27)31/h4-10,12-13,15,17-19,29H,11H2,1-3H3,(H,25,32)(H,23,28,31)/t13-,15-,17-,18-,19-,37+/m1/s1. The molecule has 3 rings (SSSR count). The summed E-state index contributed by atoms with van der Waals surface area (Å²) in [6.45, 7) is 4.16. The number of aliphatic hydroxyl groups is 1. The number of ether oxygens (including phenoxy) is 2. The van der Waals surface area contributed by atoms with Gasteiger partial charge in [-0.15, -0.1) is 0 Å². The Bertz CT molecular complexity index is 1290. The molecule has 6 atom stereocenters. The molecule has 1 fully saturated rings. The first-order valence-corrected chi connectivity index (χ1v) is 12.7. The van der Waals surface area contributed by atoms with Crippen LogP contribution >= 0.6 is 7.75 Å². The topological polar surface area (TPSA) is 207 Å². The second-order valence-corrected chi connectivity index (χ2v) is 10.00. The molecule has 3 N–H and O–H groups in total. The minimum absolute atomic E-state index is 0.167. The van der Waals surface area contributed by atoms with E-state index in [1.54, 1.807) is 32.0 Å². The number of H-pyrrole nitrogens is 1. The quantitative estimate of drug-likeness (QED) is 0.124. The minimum Gasteiger partial charge on any atom is -0.462 e. The van der Waals surface area contributed by atoms with E-state index < -0.39 is 68.2 Å². The number of hydrogen-bond acceptors (Lipinski definition) is 10. The maximum absolute atomic E-state index is 13.6.